The molecule has 2 amide bonds. The first-order chi connectivity index (χ1) is 15.7. The molecule has 0 aromatic heterocycles. The van der Waals surface area contributed by atoms with Crippen LogP contribution in [0.15, 0.2) is 24.3 Å². The monoisotopic (exact) mass is 441 g/mol. The number of rotatable bonds is 7. The third kappa shape index (κ3) is 5.28. The molecule has 176 valence electrons. The first-order valence-corrected chi connectivity index (χ1v) is 12.6. The normalized spacial score (nSPS) is 23.7. The van der Waals surface area contributed by atoms with Crippen molar-refractivity contribution in [3.05, 3.63) is 29.8 Å². The summed E-state index contributed by atoms with van der Waals surface area (Å²) >= 11 is 0. The summed E-state index contributed by atoms with van der Waals surface area (Å²) in [6, 6.07) is 7.90. The molecule has 1 aliphatic carbocycles. The van der Waals surface area contributed by atoms with E-state index in [0.717, 1.165) is 69.5 Å². The van der Waals surface area contributed by atoms with Gasteiger partial charge in [0.15, 0.2) is 0 Å². The summed E-state index contributed by atoms with van der Waals surface area (Å²) in [5, 5.41) is 3.23. The van der Waals surface area contributed by atoms with Crippen molar-refractivity contribution >= 4 is 11.8 Å². The van der Waals surface area contributed by atoms with Crippen LogP contribution < -0.4 is 10.1 Å². The van der Waals surface area contributed by atoms with Gasteiger partial charge in [-0.15, -0.1) is 0 Å². The Labute approximate surface area is 192 Å². The van der Waals surface area contributed by atoms with Crippen molar-refractivity contribution in [3.8, 4) is 5.75 Å². The van der Waals surface area contributed by atoms with Crippen molar-refractivity contribution in [2.75, 3.05) is 33.3 Å². The van der Waals surface area contributed by atoms with E-state index in [4.69, 9.17) is 4.74 Å². The van der Waals surface area contributed by atoms with Gasteiger partial charge in [-0.25, -0.2) is 0 Å². The van der Waals surface area contributed by atoms with Gasteiger partial charge in [-0.1, -0.05) is 43.9 Å². The molecule has 2 atom stereocenters. The topological polar surface area (TPSA) is 61.9 Å². The fourth-order valence-corrected chi connectivity index (χ4v) is 5.81. The van der Waals surface area contributed by atoms with Crippen molar-refractivity contribution in [1.82, 2.24) is 15.1 Å². The predicted molar refractivity (Wildman–Crippen MR) is 125 cm³/mol. The number of hydrogen-bond acceptors (Lipinski definition) is 4. The maximum absolute atomic E-state index is 13.3. The third-order valence-corrected chi connectivity index (χ3v) is 7.59. The number of benzene rings is 1. The maximum Gasteiger partial charge on any atom is 0.242 e. The van der Waals surface area contributed by atoms with Gasteiger partial charge in [-0.3, -0.25) is 14.5 Å². The number of methoxy groups -OCH3 is 1. The second-order valence-electron chi connectivity index (χ2n) is 9.62. The molecule has 6 heteroatoms. The van der Waals surface area contributed by atoms with E-state index in [1.54, 1.807) is 7.11 Å². The lowest BCUT2D eigenvalue weighted by atomic mass is 9.88. The van der Waals surface area contributed by atoms with Crippen LogP contribution in [0.3, 0.4) is 0 Å². The molecule has 0 spiro atoms. The lowest BCUT2D eigenvalue weighted by Crippen LogP contribution is -2.50. The molecule has 3 aliphatic rings. The van der Waals surface area contributed by atoms with Gasteiger partial charge in [0.25, 0.3) is 0 Å². The highest BCUT2D eigenvalue weighted by molar-refractivity contribution is 5.89. The fraction of sp³-hybridized carbons (Fsp3) is 0.692. The van der Waals surface area contributed by atoms with Crippen molar-refractivity contribution in [2.24, 2.45) is 5.92 Å². The third-order valence-electron chi connectivity index (χ3n) is 7.59. The molecule has 0 unspecified atom stereocenters. The van der Waals surface area contributed by atoms with E-state index in [-0.39, 0.29) is 29.8 Å². The van der Waals surface area contributed by atoms with Crippen LogP contribution >= 0.6 is 0 Å². The number of nitrogens with one attached hydrogen (secondary N) is 1. The summed E-state index contributed by atoms with van der Waals surface area (Å²) in [5.41, 5.74) is 1.12. The predicted octanol–water partition coefficient (Wildman–Crippen LogP) is 3.91. The second-order valence-corrected chi connectivity index (χ2v) is 9.62. The summed E-state index contributed by atoms with van der Waals surface area (Å²) in [5.74, 6) is 1.20. The van der Waals surface area contributed by atoms with Crippen LogP contribution in [-0.4, -0.2) is 60.9 Å². The Bertz CT molecular complexity index is 771. The number of likely N-dealkylation sites (tertiary alicyclic amines) is 2. The fourth-order valence-electron chi connectivity index (χ4n) is 5.81. The summed E-state index contributed by atoms with van der Waals surface area (Å²) in [6.45, 7) is 3.33. The van der Waals surface area contributed by atoms with E-state index in [1.165, 1.54) is 25.7 Å². The van der Waals surface area contributed by atoms with Gasteiger partial charge in [-0.05, 0) is 57.7 Å². The molecule has 4 rings (SSSR count). The highest BCUT2D eigenvalue weighted by Crippen LogP contribution is 2.32. The average molecular weight is 442 g/mol. The Hall–Kier alpha value is -2.08. The van der Waals surface area contributed by atoms with E-state index in [2.05, 4.69) is 16.3 Å². The zero-order valence-corrected chi connectivity index (χ0v) is 19.6. The second kappa shape index (κ2) is 11.2. The Balaban J connectivity index is 1.43. The van der Waals surface area contributed by atoms with Gasteiger partial charge in [0.1, 0.15) is 11.8 Å². The van der Waals surface area contributed by atoms with E-state index < -0.39 is 0 Å². The zero-order chi connectivity index (χ0) is 22.3. The highest BCUT2D eigenvalue weighted by Gasteiger charge is 2.37. The molecular weight excluding hydrogens is 402 g/mol. The Morgan fingerprint density at radius 1 is 0.969 bits per heavy atom. The van der Waals surface area contributed by atoms with Gasteiger partial charge >= 0.3 is 0 Å². The molecule has 0 radical (unpaired) electrons. The van der Waals surface area contributed by atoms with Crippen LogP contribution in [0.2, 0.25) is 0 Å². The zero-order valence-electron chi connectivity index (χ0n) is 19.6. The molecule has 1 aromatic rings. The first kappa shape index (κ1) is 23.1. The first-order valence-electron chi connectivity index (χ1n) is 12.6. The quantitative estimate of drug-likeness (QED) is 0.697. The molecule has 2 saturated heterocycles. The minimum absolute atomic E-state index is 0.00330. The smallest absolute Gasteiger partial charge is 0.242 e. The molecule has 2 aliphatic heterocycles. The Morgan fingerprint density at radius 3 is 2.44 bits per heavy atom. The lowest BCUT2D eigenvalue weighted by molar-refractivity contribution is -0.142. The number of nitrogens with zero attached hydrogens (tertiary/aromatic N) is 2. The van der Waals surface area contributed by atoms with E-state index >= 15 is 0 Å². The Kier molecular flexibility index (Phi) is 8.06. The molecule has 1 aromatic carbocycles. The summed E-state index contributed by atoms with van der Waals surface area (Å²) in [4.78, 5) is 30.7. The molecule has 1 saturated carbocycles. The number of ether oxygens (including phenoxy) is 1. The van der Waals surface area contributed by atoms with Gasteiger partial charge < -0.3 is 15.0 Å². The number of amides is 2. The van der Waals surface area contributed by atoms with Crippen LogP contribution in [0.5, 0.6) is 5.75 Å². The van der Waals surface area contributed by atoms with Crippen molar-refractivity contribution in [3.63, 3.8) is 0 Å². The van der Waals surface area contributed by atoms with E-state index in [0.29, 0.717) is 6.54 Å². The van der Waals surface area contributed by atoms with Crippen LogP contribution in [0.25, 0.3) is 0 Å². The van der Waals surface area contributed by atoms with Gasteiger partial charge in [-0.2, -0.15) is 0 Å². The lowest BCUT2D eigenvalue weighted by Gasteiger charge is -2.36. The van der Waals surface area contributed by atoms with Gasteiger partial charge in [0, 0.05) is 24.6 Å². The van der Waals surface area contributed by atoms with Crippen molar-refractivity contribution < 1.29 is 14.3 Å². The molecule has 3 fully saturated rings. The SMILES string of the molecule is COc1ccccc1[C@@H](CNC(=O)[C@@H]1CCCN1C(=O)C1CCCCC1)N1CCCCC1. The van der Waals surface area contributed by atoms with Crippen LogP contribution in [0, 0.1) is 5.92 Å². The minimum atomic E-state index is -0.316. The molecular formula is C26H39N3O3. The molecule has 32 heavy (non-hydrogen) atoms. The van der Waals surface area contributed by atoms with Crippen LogP contribution in [0.1, 0.15) is 75.8 Å². The largest absolute Gasteiger partial charge is 0.496 e. The van der Waals surface area contributed by atoms with Crippen LogP contribution in [-0.2, 0) is 9.59 Å². The summed E-state index contributed by atoms with van der Waals surface area (Å²) in [7, 11) is 1.71. The van der Waals surface area contributed by atoms with Crippen LogP contribution in [0.4, 0.5) is 0 Å². The number of carbonyl (C=O) groups is 2. The Morgan fingerprint density at radius 2 is 1.69 bits per heavy atom. The van der Waals surface area contributed by atoms with Gasteiger partial charge in [0.05, 0.1) is 13.2 Å². The standard InChI is InChI=1S/C26H39N3O3/c1-32-24-15-7-6-13-21(24)23(28-16-8-3-9-17-28)19-27-25(30)22-14-10-18-29(22)26(31)20-11-4-2-5-12-20/h6-7,13,15,20,22-23H,2-5,8-12,14,16-19H2,1H3,(H,27,30)/t22-,23+/m0/s1. The minimum Gasteiger partial charge on any atom is -0.496 e. The van der Waals surface area contributed by atoms with Gasteiger partial charge in [0.2, 0.25) is 11.8 Å². The van der Waals surface area contributed by atoms with E-state index in [9.17, 15) is 9.59 Å². The molecule has 6 nitrogen and oxygen atoms in total. The van der Waals surface area contributed by atoms with Crippen molar-refractivity contribution in [1.29, 1.82) is 0 Å². The average Bonchev–Trinajstić information content (AvgIpc) is 3.35. The summed E-state index contributed by atoms with van der Waals surface area (Å²) in [6.07, 6.45) is 10.8. The number of piperidine rings is 1. The summed E-state index contributed by atoms with van der Waals surface area (Å²) < 4.78 is 5.65. The highest BCUT2D eigenvalue weighted by atomic mass is 16.5. The molecule has 1 N–H and O–H groups in total. The molecule has 0 bridgehead atoms. The molecule has 2 heterocycles. The van der Waals surface area contributed by atoms with E-state index in [1.807, 2.05) is 23.1 Å². The number of para-hydroxylation sites is 1. The van der Waals surface area contributed by atoms with Crippen molar-refractivity contribution in [2.45, 2.75) is 76.3 Å². The maximum atomic E-state index is 13.3. The number of hydrogen-bond donors (Lipinski definition) is 1. The number of carbonyl (C=O) groups excluding carboxylic acids is 2.